The van der Waals surface area contributed by atoms with Crippen molar-refractivity contribution in [3.63, 3.8) is 0 Å². The number of hydrogen-bond acceptors (Lipinski definition) is 5. The molecular weight excluding hydrogens is 442 g/mol. The second-order valence-electron chi connectivity index (χ2n) is 4.52. The summed E-state index contributed by atoms with van der Waals surface area (Å²) < 4.78 is 6.29. The minimum absolute atomic E-state index is 0.0840. The van der Waals surface area contributed by atoms with E-state index in [1.807, 2.05) is 6.07 Å². The summed E-state index contributed by atoms with van der Waals surface area (Å²) in [6.45, 7) is -0.265. The topological polar surface area (TPSA) is 94.7 Å². The van der Waals surface area contributed by atoms with Crippen molar-refractivity contribution in [1.29, 1.82) is 5.26 Å². The van der Waals surface area contributed by atoms with E-state index in [2.05, 4.69) is 42.4 Å². The molecule has 0 radical (unpaired) electrons. The Balaban J connectivity index is 1.90. The zero-order chi connectivity index (χ0) is 17.5. The van der Waals surface area contributed by atoms with Crippen LogP contribution in [-0.2, 0) is 4.79 Å². The number of carbonyl (C=O) groups is 1. The third kappa shape index (κ3) is 4.81. The first-order valence-corrected chi connectivity index (χ1v) is 8.21. The Kier molecular flexibility index (Phi) is 6.35. The van der Waals surface area contributed by atoms with Gasteiger partial charge in [0.05, 0.1) is 20.7 Å². The molecule has 122 valence electrons. The molecule has 0 saturated heterocycles. The van der Waals surface area contributed by atoms with Crippen LogP contribution in [0.25, 0.3) is 0 Å². The molecule has 0 aliphatic rings. The van der Waals surface area contributed by atoms with Crippen LogP contribution in [-0.4, -0.2) is 23.8 Å². The molecule has 2 N–H and O–H groups in total. The number of phenols is 1. The smallest absolute Gasteiger partial charge is 0.277 e. The number of para-hydroxylation sites is 1. The number of nitrogens with zero attached hydrogens (tertiary/aromatic N) is 2. The Hall–Kier alpha value is -2.37. The van der Waals surface area contributed by atoms with Crippen molar-refractivity contribution in [2.75, 3.05) is 6.61 Å². The molecule has 0 aliphatic carbocycles. The van der Waals surface area contributed by atoms with Crippen molar-refractivity contribution in [3.8, 4) is 17.6 Å². The summed E-state index contributed by atoms with van der Waals surface area (Å²) in [5, 5.41) is 22.4. The van der Waals surface area contributed by atoms with Gasteiger partial charge in [0.25, 0.3) is 5.91 Å². The quantitative estimate of drug-likeness (QED) is 0.537. The maximum Gasteiger partial charge on any atom is 0.277 e. The van der Waals surface area contributed by atoms with Gasteiger partial charge in [-0.25, -0.2) is 5.43 Å². The normalized spacial score (nSPS) is 10.4. The molecule has 6 nitrogen and oxygen atoms in total. The van der Waals surface area contributed by atoms with Gasteiger partial charge in [-0.3, -0.25) is 4.79 Å². The van der Waals surface area contributed by atoms with Gasteiger partial charge in [0.1, 0.15) is 17.6 Å². The van der Waals surface area contributed by atoms with E-state index in [1.165, 1.54) is 6.21 Å². The fourth-order valence-electron chi connectivity index (χ4n) is 1.70. The number of hydrogen-bond donors (Lipinski definition) is 2. The molecule has 0 saturated carbocycles. The van der Waals surface area contributed by atoms with Crippen LogP contribution in [0.15, 0.2) is 50.4 Å². The lowest BCUT2D eigenvalue weighted by Crippen LogP contribution is -2.24. The molecule has 0 fully saturated rings. The Bertz CT molecular complexity index is 809. The van der Waals surface area contributed by atoms with Crippen molar-refractivity contribution in [1.82, 2.24) is 5.43 Å². The first kappa shape index (κ1) is 18.0. The van der Waals surface area contributed by atoms with Gasteiger partial charge >= 0.3 is 0 Å². The van der Waals surface area contributed by atoms with E-state index < -0.39 is 5.91 Å². The third-order valence-corrected chi connectivity index (χ3v) is 4.02. The molecule has 2 aromatic carbocycles. The van der Waals surface area contributed by atoms with Gasteiger partial charge in [-0.05, 0) is 61.7 Å². The van der Waals surface area contributed by atoms with E-state index in [4.69, 9.17) is 10.00 Å². The molecule has 0 aliphatic heterocycles. The average molecular weight is 453 g/mol. The highest BCUT2D eigenvalue weighted by Gasteiger charge is 2.06. The number of halogens is 2. The van der Waals surface area contributed by atoms with Crippen molar-refractivity contribution in [2.24, 2.45) is 5.10 Å². The molecule has 1 amide bonds. The number of hydrazone groups is 1. The SMILES string of the molecule is N#Cc1ccccc1OCC(=O)N/N=C\c1cc(Br)c(O)c(Br)c1. The average Bonchev–Trinajstić information content (AvgIpc) is 2.58. The van der Waals surface area contributed by atoms with E-state index in [0.29, 0.717) is 25.8 Å². The number of amides is 1. The summed E-state index contributed by atoms with van der Waals surface area (Å²) in [4.78, 5) is 11.7. The number of nitriles is 1. The zero-order valence-corrected chi connectivity index (χ0v) is 15.3. The van der Waals surface area contributed by atoms with Gasteiger partial charge in [-0.1, -0.05) is 12.1 Å². The molecule has 0 heterocycles. The minimum Gasteiger partial charge on any atom is -0.506 e. The van der Waals surface area contributed by atoms with Gasteiger partial charge in [0.2, 0.25) is 0 Å². The fourth-order valence-corrected chi connectivity index (χ4v) is 2.92. The second-order valence-corrected chi connectivity index (χ2v) is 6.23. The summed E-state index contributed by atoms with van der Waals surface area (Å²) >= 11 is 6.41. The van der Waals surface area contributed by atoms with Gasteiger partial charge in [-0.2, -0.15) is 10.4 Å². The maximum atomic E-state index is 11.7. The molecule has 24 heavy (non-hydrogen) atoms. The van der Waals surface area contributed by atoms with Crippen LogP contribution in [0.2, 0.25) is 0 Å². The highest BCUT2D eigenvalue weighted by atomic mass is 79.9. The first-order valence-electron chi connectivity index (χ1n) is 6.63. The monoisotopic (exact) mass is 451 g/mol. The van der Waals surface area contributed by atoms with Crippen LogP contribution in [0, 0.1) is 11.3 Å². The molecule has 8 heteroatoms. The predicted molar refractivity (Wildman–Crippen MR) is 95.9 cm³/mol. The van der Waals surface area contributed by atoms with Crippen molar-refractivity contribution >= 4 is 44.0 Å². The van der Waals surface area contributed by atoms with Crippen LogP contribution in [0.5, 0.6) is 11.5 Å². The molecule has 0 atom stereocenters. The summed E-state index contributed by atoms with van der Waals surface area (Å²) in [7, 11) is 0. The summed E-state index contributed by atoms with van der Waals surface area (Å²) in [6, 6.07) is 11.9. The van der Waals surface area contributed by atoms with Gasteiger partial charge < -0.3 is 9.84 Å². The number of ether oxygens (including phenoxy) is 1. The highest BCUT2D eigenvalue weighted by molar-refractivity contribution is 9.11. The van der Waals surface area contributed by atoms with Crippen molar-refractivity contribution in [2.45, 2.75) is 0 Å². The number of benzene rings is 2. The molecule has 0 bridgehead atoms. The standard InChI is InChI=1S/C16H11Br2N3O3/c17-12-5-10(6-13(18)16(12)23)8-20-21-15(22)9-24-14-4-2-1-3-11(14)7-19/h1-6,8,23H,9H2,(H,21,22)/b20-8-. The van der Waals surface area contributed by atoms with Crippen molar-refractivity contribution in [3.05, 3.63) is 56.5 Å². The van der Waals surface area contributed by atoms with Gasteiger partial charge in [0.15, 0.2) is 6.61 Å². The Morgan fingerprint density at radius 3 is 2.67 bits per heavy atom. The fraction of sp³-hybridized carbons (Fsp3) is 0.0625. The predicted octanol–water partition coefficient (Wildman–Crippen LogP) is 3.32. The molecule has 0 spiro atoms. The third-order valence-electron chi connectivity index (χ3n) is 2.81. The van der Waals surface area contributed by atoms with Gasteiger partial charge in [-0.15, -0.1) is 0 Å². The maximum absolute atomic E-state index is 11.7. The second kappa shape index (κ2) is 8.47. The largest absolute Gasteiger partial charge is 0.506 e. The lowest BCUT2D eigenvalue weighted by Gasteiger charge is -2.06. The lowest BCUT2D eigenvalue weighted by molar-refractivity contribution is -0.123. The van der Waals surface area contributed by atoms with E-state index in [9.17, 15) is 9.90 Å². The Labute approximate surface area is 155 Å². The molecule has 0 unspecified atom stereocenters. The summed E-state index contributed by atoms with van der Waals surface area (Å²) in [5.41, 5.74) is 3.35. The number of rotatable bonds is 5. The van der Waals surface area contributed by atoms with Crippen LogP contribution in [0.4, 0.5) is 0 Å². The van der Waals surface area contributed by atoms with Gasteiger partial charge in [0, 0.05) is 0 Å². The van der Waals surface area contributed by atoms with Crippen LogP contribution >= 0.6 is 31.9 Å². The summed E-state index contributed by atoms with van der Waals surface area (Å²) in [6.07, 6.45) is 1.43. The highest BCUT2D eigenvalue weighted by Crippen LogP contribution is 2.32. The Morgan fingerprint density at radius 1 is 1.33 bits per heavy atom. The van der Waals surface area contributed by atoms with E-state index >= 15 is 0 Å². The van der Waals surface area contributed by atoms with E-state index in [-0.39, 0.29) is 12.4 Å². The Morgan fingerprint density at radius 2 is 2.00 bits per heavy atom. The molecular formula is C16H11Br2N3O3. The lowest BCUT2D eigenvalue weighted by atomic mass is 10.2. The number of aromatic hydroxyl groups is 1. The van der Waals surface area contributed by atoms with Crippen LogP contribution < -0.4 is 10.2 Å². The van der Waals surface area contributed by atoms with Crippen LogP contribution in [0.1, 0.15) is 11.1 Å². The molecule has 2 aromatic rings. The molecule has 2 rings (SSSR count). The minimum atomic E-state index is -0.462. The summed E-state index contributed by atoms with van der Waals surface area (Å²) in [5.74, 6) is -0.0397. The van der Waals surface area contributed by atoms with E-state index in [1.54, 1.807) is 36.4 Å². The van der Waals surface area contributed by atoms with Crippen molar-refractivity contribution < 1.29 is 14.6 Å². The van der Waals surface area contributed by atoms with E-state index in [0.717, 1.165) is 0 Å². The van der Waals surface area contributed by atoms with Crippen LogP contribution in [0.3, 0.4) is 0 Å². The molecule has 0 aromatic heterocycles. The first-order chi connectivity index (χ1) is 11.5. The number of carbonyl (C=O) groups excluding carboxylic acids is 1. The number of phenolic OH excluding ortho intramolecular Hbond substituents is 1. The number of nitrogens with one attached hydrogen (secondary N) is 1. The zero-order valence-electron chi connectivity index (χ0n) is 12.2.